The van der Waals surface area contributed by atoms with Gasteiger partial charge in [0, 0.05) is 59.6 Å². The molecule has 1 aromatic heterocycles. The number of amides is 1. The van der Waals surface area contributed by atoms with Gasteiger partial charge in [0.1, 0.15) is 5.60 Å². The summed E-state index contributed by atoms with van der Waals surface area (Å²) in [5.41, 5.74) is 2.81. The maximum Gasteiger partial charge on any atom is 0.410 e. The first-order chi connectivity index (χ1) is 14.1. The van der Waals surface area contributed by atoms with Crippen LogP contribution in [0.3, 0.4) is 0 Å². The summed E-state index contributed by atoms with van der Waals surface area (Å²) in [6, 6.07) is 8.17. The Bertz CT molecular complexity index is 858. The van der Waals surface area contributed by atoms with Gasteiger partial charge in [-0.2, -0.15) is 5.10 Å². The number of guanidine groups is 1. The van der Waals surface area contributed by atoms with E-state index in [-0.39, 0.29) is 30.1 Å². The van der Waals surface area contributed by atoms with Gasteiger partial charge in [-0.05, 0) is 31.9 Å². The van der Waals surface area contributed by atoms with Gasteiger partial charge in [0.15, 0.2) is 5.96 Å². The lowest BCUT2D eigenvalue weighted by Crippen LogP contribution is -2.38. The second-order valence-corrected chi connectivity index (χ2v) is 8.43. The zero-order valence-corrected chi connectivity index (χ0v) is 21.9. The molecule has 9 heteroatoms. The van der Waals surface area contributed by atoms with Crippen molar-refractivity contribution in [1.29, 1.82) is 0 Å². The van der Waals surface area contributed by atoms with E-state index >= 15 is 0 Å². The summed E-state index contributed by atoms with van der Waals surface area (Å²) in [6.07, 6.45) is 3.53. The lowest BCUT2D eigenvalue weighted by Gasteiger charge is -2.24. The summed E-state index contributed by atoms with van der Waals surface area (Å²) < 4.78 is 7.19. The number of hydrogen-bond donors (Lipinski definition) is 1. The molecule has 1 amide bonds. The Morgan fingerprint density at radius 1 is 1.10 bits per heavy atom. The van der Waals surface area contributed by atoms with Crippen LogP contribution in [0, 0.1) is 0 Å². The Morgan fingerprint density at radius 2 is 1.68 bits per heavy atom. The number of rotatable bonds is 6. The quantitative estimate of drug-likeness (QED) is 0.343. The molecule has 1 N–H and O–H groups in total. The smallest absolute Gasteiger partial charge is 0.410 e. The largest absolute Gasteiger partial charge is 0.444 e. The van der Waals surface area contributed by atoms with Crippen LogP contribution in [0.5, 0.6) is 0 Å². The predicted molar refractivity (Wildman–Crippen MR) is 134 cm³/mol. The fraction of sp³-hybridized carbons (Fsp3) is 0.500. The lowest BCUT2D eigenvalue weighted by molar-refractivity contribution is 0.0285. The minimum absolute atomic E-state index is 0. The number of hydrogen-bond acceptors (Lipinski definition) is 4. The molecule has 8 nitrogen and oxygen atoms in total. The Hall–Kier alpha value is -2.30. The van der Waals surface area contributed by atoms with Gasteiger partial charge in [-0.3, -0.25) is 9.67 Å². The summed E-state index contributed by atoms with van der Waals surface area (Å²) in [4.78, 5) is 20.1. The molecule has 172 valence electrons. The first-order valence-electron chi connectivity index (χ1n) is 9.98. The van der Waals surface area contributed by atoms with Crippen LogP contribution >= 0.6 is 24.0 Å². The molecule has 1 heterocycles. The fourth-order valence-electron chi connectivity index (χ4n) is 2.91. The van der Waals surface area contributed by atoms with E-state index in [0.29, 0.717) is 13.1 Å². The van der Waals surface area contributed by atoms with Crippen molar-refractivity contribution < 1.29 is 9.53 Å². The van der Waals surface area contributed by atoms with Crippen molar-refractivity contribution in [2.45, 2.75) is 46.0 Å². The van der Waals surface area contributed by atoms with Crippen LogP contribution in [0.2, 0.25) is 0 Å². The minimum Gasteiger partial charge on any atom is -0.444 e. The molecule has 0 saturated carbocycles. The number of ether oxygens (including phenoxy) is 1. The van der Waals surface area contributed by atoms with Crippen LogP contribution in [0.25, 0.3) is 0 Å². The lowest BCUT2D eigenvalue weighted by atomic mass is 10.1. The average Bonchev–Trinajstić information content (AvgIpc) is 3.06. The first-order valence-corrected chi connectivity index (χ1v) is 9.98. The fourth-order valence-corrected chi connectivity index (χ4v) is 2.91. The predicted octanol–water partition coefficient (Wildman–Crippen LogP) is 3.61. The van der Waals surface area contributed by atoms with E-state index in [1.807, 2.05) is 59.4 Å². The van der Waals surface area contributed by atoms with Crippen LogP contribution in [0.4, 0.5) is 4.79 Å². The number of aromatic nitrogens is 2. The number of nitrogens with zero attached hydrogens (tertiary/aromatic N) is 5. The van der Waals surface area contributed by atoms with E-state index in [1.54, 1.807) is 23.7 Å². The third kappa shape index (κ3) is 9.16. The zero-order valence-electron chi connectivity index (χ0n) is 19.5. The highest BCUT2D eigenvalue weighted by atomic mass is 127. The van der Waals surface area contributed by atoms with E-state index < -0.39 is 5.60 Å². The van der Waals surface area contributed by atoms with Crippen LogP contribution in [-0.4, -0.2) is 58.4 Å². The third-order valence-corrected chi connectivity index (χ3v) is 4.35. The summed E-state index contributed by atoms with van der Waals surface area (Å²) in [6.45, 7) is 7.47. The minimum atomic E-state index is -0.496. The second-order valence-electron chi connectivity index (χ2n) is 8.43. The van der Waals surface area contributed by atoms with Gasteiger partial charge in [-0.1, -0.05) is 24.3 Å². The third-order valence-electron chi connectivity index (χ3n) is 4.35. The van der Waals surface area contributed by atoms with Gasteiger partial charge < -0.3 is 19.9 Å². The van der Waals surface area contributed by atoms with Crippen molar-refractivity contribution in [1.82, 2.24) is 24.9 Å². The highest BCUT2D eigenvalue weighted by Gasteiger charge is 2.19. The Balaban J connectivity index is 0.00000480. The SMILES string of the molecule is CN=C(NCc1ccc(CN(C)C(=O)OC(C)(C)C)cc1)N(C)Cc1cnn(C)c1.I. The van der Waals surface area contributed by atoms with Crippen LogP contribution in [0.1, 0.15) is 37.5 Å². The van der Waals surface area contributed by atoms with E-state index in [2.05, 4.69) is 32.4 Å². The summed E-state index contributed by atoms with van der Waals surface area (Å²) in [7, 11) is 7.42. The number of carbonyl (C=O) groups is 1. The molecular weight excluding hydrogens is 507 g/mol. The van der Waals surface area contributed by atoms with Gasteiger partial charge in [0.2, 0.25) is 0 Å². The molecule has 1 aromatic carbocycles. The number of halogens is 1. The highest BCUT2D eigenvalue weighted by molar-refractivity contribution is 14.0. The molecule has 0 fully saturated rings. The van der Waals surface area contributed by atoms with Crippen molar-refractivity contribution in [3.05, 3.63) is 53.3 Å². The Labute approximate surface area is 202 Å². The molecule has 0 aliphatic rings. The van der Waals surface area contributed by atoms with Gasteiger partial charge in [0.05, 0.1) is 6.20 Å². The molecule has 0 aliphatic carbocycles. The normalized spacial score (nSPS) is 11.5. The van der Waals surface area contributed by atoms with E-state index in [4.69, 9.17) is 4.74 Å². The summed E-state index contributed by atoms with van der Waals surface area (Å²) >= 11 is 0. The number of aryl methyl sites for hydroxylation is 1. The monoisotopic (exact) mass is 542 g/mol. The average molecular weight is 542 g/mol. The van der Waals surface area contributed by atoms with E-state index in [9.17, 15) is 4.79 Å². The molecule has 0 saturated heterocycles. The van der Waals surface area contributed by atoms with Crippen molar-refractivity contribution in [3.63, 3.8) is 0 Å². The maximum atomic E-state index is 12.1. The molecule has 0 unspecified atom stereocenters. The molecule has 31 heavy (non-hydrogen) atoms. The number of carbonyl (C=O) groups excluding carboxylic acids is 1. The topological polar surface area (TPSA) is 75.0 Å². The highest BCUT2D eigenvalue weighted by Crippen LogP contribution is 2.12. The molecule has 0 atom stereocenters. The number of nitrogens with one attached hydrogen (secondary N) is 1. The van der Waals surface area contributed by atoms with Crippen LogP contribution < -0.4 is 5.32 Å². The molecule has 2 aromatic rings. The van der Waals surface area contributed by atoms with Crippen molar-refractivity contribution >= 4 is 36.0 Å². The van der Waals surface area contributed by atoms with Gasteiger partial charge in [-0.15, -0.1) is 24.0 Å². The van der Waals surface area contributed by atoms with Crippen molar-refractivity contribution in [2.24, 2.45) is 12.0 Å². The standard InChI is InChI=1S/C22H34N6O2.HI/c1-22(2,3)30-21(29)27(6)14-18-10-8-17(9-11-18)12-24-20(23-4)26(5)15-19-13-25-28(7)16-19;/h8-11,13,16H,12,14-15H2,1-7H3,(H,23,24);1H. The van der Waals surface area contributed by atoms with Gasteiger partial charge in [0.25, 0.3) is 0 Å². The van der Waals surface area contributed by atoms with Crippen LogP contribution in [0.15, 0.2) is 41.7 Å². The first kappa shape index (κ1) is 26.7. The zero-order chi connectivity index (χ0) is 22.3. The van der Waals surface area contributed by atoms with Crippen LogP contribution in [-0.2, 0) is 31.4 Å². The summed E-state index contributed by atoms with van der Waals surface area (Å²) in [5.74, 6) is 0.813. The molecule has 0 spiro atoms. The maximum absolute atomic E-state index is 12.1. The molecule has 2 rings (SSSR count). The second kappa shape index (κ2) is 11.9. The van der Waals surface area contributed by atoms with E-state index in [1.165, 1.54) is 0 Å². The van der Waals surface area contributed by atoms with Gasteiger partial charge >= 0.3 is 6.09 Å². The molecular formula is C22H35IN6O2. The Kier molecular flexibility index (Phi) is 10.3. The van der Waals surface area contributed by atoms with Gasteiger partial charge in [-0.25, -0.2) is 4.79 Å². The van der Waals surface area contributed by atoms with Crippen molar-refractivity contribution in [3.8, 4) is 0 Å². The number of aliphatic imine (C=N–C) groups is 1. The molecule has 0 bridgehead atoms. The Morgan fingerprint density at radius 3 is 2.19 bits per heavy atom. The molecule has 0 radical (unpaired) electrons. The number of benzene rings is 1. The van der Waals surface area contributed by atoms with E-state index in [0.717, 1.165) is 29.2 Å². The summed E-state index contributed by atoms with van der Waals surface area (Å²) in [5, 5.41) is 7.58. The molecule has 0 aliphatic heterocycles. The van der Waals surface area contributed by atoms with Crippen molar-refractivity contribution in [2.75, 3.05) is 21.1 Å².